The van der Waals surface area contributed by atoms with Crippen molar-refractivity contribution in [1.29, 1.82) is 0 Å². The third-order valence-corrected chi connectivity index (χ3v) is 5.38. The third-order valence-electron chi connectivity index (χ3n) is 3.76. The molecule has 0 aliphatic rings. The van der Waals surface area contributed by atoms with Crippen LogP contribution in [0.5, 0.6) is 0 Å². The first-order valence-electron chi connectivity index (χ1n) is 7.03. The zero-order valence-corrected chi connectivity index (χ0v) is 14.3. The number of hydrogen-bond donors (Lipinski definition) is 0. The monoisotopic (exact) mass is 356 g/mol. The van der Waals surface area contributed by atoms with E-state index in [0.29, 0.717) is 4.83 Å². The fourth-order valence-corrected chi connectivity index (χ4v) is 4.26. The van der Waals surface area contributed by atoms with Gasteiger partial charge >= 0.3 is 0 Å². The number of rotatable bonds is 4. The van der Waals surface area contributed by atoms with E-state index in [1.54, 1.807) is 0 Å². The van der Waals surface area contributed by atoms with Gasteiger partial charge in [0.25, 0.3) is 0 Å². The second-order valence-corrected chi connectivity index (χ2v) is 7.01. The molecule has 0 aliphatic carbocycles. The Kier molecular flexibility index (Phi) is 4.67. The van der Waals surface area contributed by atoms with Gasteiger partial charge in [-0.3, -0.25) is 0 Å². The highest BCUT2D eigenvalue weighted by Crippen LogP contribution is 2.35. The largest absolute Gasteiger partial charge is 0.129 e. The molecule has 1 atom stereocenters. The molecule has 3 aromatic carbocycles. The summed E-state index contributed by atoms with van der Waals surface area (Å²) in [5, 5.41) is 2.67. The molecule has 0 saturated heterocycles. The topological polar surface area (TPSA) is 0 Å². The fraction of sp³-hybridized carbons (Fsp3) is 0.158. The highest BCUT2D eigenvalue weighted by atomic mass is 79.9. The van der Waals surface area contributed by atoms with Gasteiger partial charge in [0.05, 0.1) is 0 Å². The molecule has 0 nitrogen and oxygen atoms in total. The SMILES string of the molecule is CSc1ccccc1C(Br)Cc1cccc2ccccc12. The summed E-state index contributed by atoms with van der Waals surface area (Å²) in [6.45, 7) is 0. The minimum atomic E-state index is 0.340. The molecule has 0 heterocycles. The maximum Gasteiger partial charge on any atom is 0.0446 e. The van der Waals surface area contributed by atoms with Crippen LogP contribution in [0.15, 0.2) is 71.6 Å². The highest BCUT2D eigenvalue weighted by Gasteiger charge is 2.13. The van der Waals surface area contributed by atoms with Crippen LogP contribution in [0.1, 0.15) is 16.0 Å². The number of hydrogen-bond acceptors (Lipinski definition) is 1. The van der Waals surface area contributed by atoms with E-state index >= 15 is 0 Å². The van der Waals surface area contributed by atoms with Crippen molar-refractivity contribution in [3.8, 4) is 0 Å². The molecule has 21 heavy (non-hydrogen) atoms. The first kappa shape index (κ1) is 14.7. The first-order valence-corrected chi connectivity index (χ1v) is 9.17. The Balaban J connectivity index is 1.95. The van der Waals surface area contributed by atoms with Crippen molar-refractivity contribution in [2.24, 2.45) is 0 Å². The lowest BCUT2D eigenvalue weighted by molar-refractivity contribution is 0.932. The second kappa shape index (κ2) is 6.67. The fourth-order valence-electron chi connectivity index (χ4n) is 2.70. The van der Waals surface area contributed by atoms with Crippen LogP contribution in [-0.2, 0) is 6.42 Å². The molecule has 3 rings (SSSR count). The average Bonchev–Trinajstić information content (AvgIpc) is 2.55. The molecule has 1 unspecified atom stereocenters. The quantitative estimate of drug-likeness (QED) is 0.393. The molecular weight excluding hydrogens is 340 g/mol. The minimum absolute atomic E-state index is 0.340. The van der Waals surface area contributed by atoms with E-state index in [2.05, 4.69) is 88.9 Å². The van der Waals surface area contributed by atoms with Crippen molar-refractivity contribution >= 4 is 38.5 Å². The predicted octanol–water partition coefficient (Wildman–Crippen LogP) is 6.24. The number of benzene rings is 3. The number of fused-ring (bicyclic) bond motifs is 1. The van der Waals surface area contributed by atoms with Gasteiger partial charge in [0.15, 0.2) is 0 Å². The Bertz CT molecular complexity index is 746. The van der Waals surface area contributed by atoms with Crippen molar-refractivity contribution in [2.75, 3.05) is 6.26 Å². The summed E-state index contributed by atoms with van der Waals surface area (Å²) < 4.78 is 0. The van der Waals surface area contributed by atoms with Gasteiger partial charge in [-0.25, -0.2) is 0 Å². The maximum absolute atomic E-state index is 3.89. The van der Waals surface area contributed by atoms with Gasteiger partial charge in [0.2, 0.25) is 0 Å². The van der Waals surface area contributed by atoms with Crippen LogP contribution in [0.2, 0.25) is 0 Å². The van der Waals surface area contributed by atoms with Gasteiger partial charge in [0, 0.05) is 9.72 Å². The summed E-state index contributed by atoms with van der Waals surface area (Å²) in [5.74, 6) is 0. The second-order valence-electron chi connectivity index (χ2n) is 5.05. The Labute approximate surface area is 138 Å². The van der Waals surface area contributed by atoms with Gasteiger partial charge in [-0.1, -0.05) is 76.6 Å². The van der Waals surface area contributed by atoms with Gasteiger partial charge < -0.3 is 0 Å². The molecule has 0 saturated carbocycles. The van der Waals surface area contributed by atoms with Gasteiger partial charge in [-0.05, 0) is 40.6 Å². The summed E-state index contributed by atoms with van der Waals surface area (Å²) >= 11 is 5.69. The lowest BCUT2D eigenvalue weighted by Gasteiger charge is -2.15. The lowest BCUT2D eigenvalue weighted by atomic mass is 9.98. The van der Waals surface area contributed by atoms with Crippen LogP contribution < -0.4 is 0 Å². The average molecular weight is 357 g/mol. The molecule has 0 amide bonds. The highest BCUT2D eigenvalue weighted by molar-refractivity contribution is 9.09. The summed E-state index contributed by atoms with van der Waals surface area (Å²) in [7, 11) is 0. The smallest absolute Gasteiger partial charge is 0.0446 e. The lowest BCUT2D eigenvalue weighted by Crippen LogP contribution is -1.98. The molecule has 0 radical (unpaired) electrons. The van der Waals surface area contributed by atoms with Crippen LogP contribution in [0.3, 0.4) is 0 Å². The Morgan fingerprint density at radius 3 is 2.48 bits per heavy atom. The molecule has 0 spiro atoms. The van der Waals surface area contributed by atoms with E-state index in [1.165, 1.54) is 26.8 Å². The van der Waals surface area contributed by atoms with E-state index in [9.17, 15) is 0 Å². The van der Waals surface area contributed by atoms with Crippen LogP contribution in [0.4, 0.5) is 0 Å². The van der Waals surface area contributed by atoms with Crippen LogP contribution in [-0.4, -0.2) is 6.26 Å². The van der Waals surface area contributed by atoms with Gasteiger partial charge in [0.1, 0.15) is 0 Å². The van der Waals surface area contributed by atoms with Crippen LogP contribution in [0.25, 0.3) is 10.8 Å². The van der Waals surface area contributed by atoms with Crippen molar-refractivity contribution < 1.29 is 0 Å². The number of halogens is 1. The van der Waals surface area contributed by atoms with Crippen molar-refractivity contribution in [3.05, 3.63) is 77.9 Å². The molecule has 0 bridgehead atoms. The minimum Gasteiger partial charge on any atom is -0.129 e. The molecular formula is C19H17BrS. The molecule has 0 fully saturated rings. The van der Waals surface area contributed by atoms with Crippen molar-refractivity contribution in [2.45, 2.75) is 16.1 Å². The first-order chi connectivity index (χ1) is 10.3. The van der Waals surface area contributed by atoms with E-state index in [0.717, 1.165) is 6.42 Å². The summed E-state index contributed by atoms with van der Waals surface area (Å²) in [6.07, 6.45) is 3.13. The zero-order chi connectivity index (χ0) is 14.7. The Morgan fingerprint density at radius 1 is 0.905 bits per heavy atom. The molecule has 0 aliphatic heterocycles. The number of alkyl halides is 1. The van der Waals surface area contributed by atoms with E-state index in [1.807, 2.05) is 11.8 Å². The maximum atomic E-state index is 3.89. The molecule has 0 N–H and O–H groups in total. The Hall–Kier alpha value is -1.25. The van der Waals surface area contributed by atoms with Crippen LogP contribution >= 0.6 is 27.7 Å². The molecule has 3 aromatic rings. The Morgan fingerprint density at radius 2 is 1.62 bits per heavy atom. The van der Waals surface area contributed by atoms with E-state index < -0.39 is 0 Å². The standard InChI is InChI=1S/C19H17BrS/c1-21-19-12-5-4-11-17(19)18(20)13-15-9-6-8-14-7-2-3-10-16(14)15/h2-12,18H,13H2,1H3. The van der Waals surface area contributed by atoms with Gasteiger partial charge in [-0.2, -0.15) is 0 Å². The van der Waals surface area contributed by atoms with E-state index in [-0.39, 0.29) is 0 Å². The summed E-state index contributed by atoms with van der Waals surface area (Å²) in [5.41, 5.74) is 2.77. The van der Waals surface area contributed by atoms with Crippen molar-refractivity contribution in [1.82, 2.24) is 0 Å². The zero-order valence-electron chi connectivity index (χ0n) is 11.9. The normalized spacial score (nSPS) is 12.5. The molecule has 2 heteroatoms. The predicted molar refractivity (Wildman–Crippen MR) is 97.5 cm³/mol. The summed E-state index contributed by atoms with van der Waals surface area (Å²) in [4.78, 5) is 1.69. The molecule has 0 aromatic heterocycles. The van der Waals surface area contributed by atoms with Gasteiger partial charge in [-0.15, -0.1) is 11.8 Å². The van der Waals surface area contributed by atoms with E-state index in [4.69, 9.17) is 0 Å². The summed E-state index contributed by atoms with van der Waals surface area (Å²) in [6, 6.07) is 23.8. The third kappa shape index (κ3) is 3.17. The van der Waals surface area contributed by atoms with Crippen molar-refractivity contribution in [3.63, 3.8) is 0 Å². The number of thioether (sulfide) groups is 1. The van der Waals surface area contributed by atoms with Crippen LogP contribution in [0, 0.1) is 0 Å². The molecule has 106 valence electrons.